The minimum Gasteiger partial charge on any atom is -0.455 e. The summed E-state index contributed by atoms with van der Waals surface area (Å²) in [5.74, 6) is 0.687. The second kappa shape index (κ2) is 14.3. The van der Waals surface area contributed by atoms with Gasteiger partial charge in [0, 0.05) is 27.6 Å². The average Bonchev–Trinajstić information content (AvgIpc) is 3.74. The van der Waals surface area contributed by atoms with E-state index in [-0.39, 0.29) is 0 Å². The highest BCUT2D eigenvalue weighted by Crippen LogP contribution is 2.45. The molecule has 3 heterocycles. The van der Waals surface area contributed by atoms with Crippen molar-refractivity contribution < 1.29 is 4.42 Å². The first-order chi connectivity index (χ1) is 30.2. The molecule has 0 atom stereocenters. The van der Waals surface area contributed by atoms with Gasteiger partial charge in [-0.3, -0.25) is 0 Å². The van der Waals surface area contributed by atoms with Gasteiger partial charge in [-0.2, -0.15) is 0 Å². The van der Waals surface area contributed by atoms with Crippen molar-refractivity contribution >= 4 is 54.4 Å². The van der Waals surface area contributed by atoms with E-state index < -0.39 is 0 Å². The Labute approximate surface area is 352 Å². The normalized spacial score (nSPS) is 11.6. The summed E-state index contributed by atoms with van der Waals surface area (Å²) in [7, 11) is 0. The molecule has 0 spiro atoms. The standard InChI is InChI=1S/C57H35N3O/c1-3-14-36(15-4-1)37-26-30-39(31-27-37)50-35-51(60-57(59-50)41-16-5-2-6-17-41)40-32-28-38(29-33-40)44-23-13-24-49-53(44)56-54(47-22-11-12-25-52(47)61-56)55(58-49)48-34-42-18-7-8-19-43(42)45-20-9-10-21-46(45)48/h1-35H. The molecule has 12 aromatic rings. The Morgan fingerprint density at radius 2 is 0.885 bits per heavy atom. The first-order valence-corrected chi connectivity index (χ1v) is 20.6. The summed E-state index contributed by atoms with van der Waals surface area (Å²) in [6.45, 7) is 0. The third kappa shape index (κ3) is 5.96. The van der Waals surface area contributed by atoms with Crippen molar-refractivity contribution in [2.45, 2.75) is 0 Å². The number of furan rings is 1. The van der Waals surface area contributed by atoms with Gasteiger partial charge in [0.15, 0.2) is 5.82 Å². The maximum Gasteiger partial charge on any atom is 0.160 e. The largest absolute Gasteiger partial charge is 0.455 e. The fourth-order valence-electron chi connectivity index (χ4n) is 8.93. The summed E-state index contributed by atoms with van der Waals surface area (Å²) in [6.07, 6.45) is 0. The Morgan fingerprint density at radius 1 is 0.328 bits per heavy atom. The fourth-order valence-corrected chi connectivity index (χ4v) is 8.93. The zero-order valence-electron chi connectivity index (χ0n) is 33.0. The second-order valence-electron chi connectivity index (χ2n) is 15.5. The van der Waals surface area contributed by atoms with Crippen LogP contribution in [0.4, 0.5) is 0 Å². The van der Waals surface area contributed by atoms with Crippen LogP contribution < -0.4 is 0 Å². The molecule has 4 heteroatoms. The predicted molar refractivity (Wildman–Crippen MR) is 252 cm³/mol. The maximum absolute atomic E-state index is 6.87. The van der Waals surface area contributed by atoms with Gasteiger partial charge in [0.05, 0.1) is 33.4 Å². The van der Waals surface area contributed by atoms with Crippen LogP contribution in [0.5, 0.6) is 0 Å². The first kappa shape index (κ1) is 34.8. The number of hydrogen-bond acceptors (Lipinski definition) is 4. The molecule has 12 rings (SSSR count). The Morgan fingerprint density at radius 3 is 1.61 bits per heavy atom. The van der Waals surface area contributed by atoms with E-state index in [0.717, 1.165) is 83.3 Å². The van der Waals surface area contributed by atoms with E-state index in [1.165, 1.54) is 32.7 Å². The molecule has 0 saturated heterocycles. The van der Waals surface area contributed by atoms with Crippen LogP contribution in [-0.4, -0.2) is 15.0 Å². The molecule has 0 aliphatic carbocycles. The molecule has 0 aliphatic rings. The number of nitrogens with zero attached hydrogens (tertiary/aromatic N) is 3. The van der Waals surface area contributed by atoms with Gasteiger partial charge in [-0.1, -0.05) is 188 Å². The molecule has 0 amide bonds. The van der Waals surface area contributed by atoms with Gasteiger partial charge in [0.25, 0.3) is 0 Å². The van der Waals surface area contributed by atoms with E-state index in [1.807, 2.05) is 30.3 Å². The number of fused-ring (bicyclic) bond motifs is 8. The van der Waals surface area contributed by atoms with Crippen LogP contribution in [-0.2, 0) is 0 Å². The molecular weight excluding hydrogens is 743 g/mol. The molecule has 0 fully saturated rings. The lowest BCUT2D eigenvalue weighted by Gasteiger charge is -2.14. The van der Waals surface area contributed by atoms with Crippen molar-refractivity contribution in [2.24, 2.45) is 0 Å². The van der Waals surface area contributed by atoms with Crippen molar-refractivity contribution in [1.82, 2.24) is 15.0 Å². The number of hydrogen-bond donors (Lipinski definition) is 0. The molecule has 9 aromatic carbocycles. The van der Waals surface area contributed by atoms with Crippen LogP contribution in [0.3, 0.4) is 0 Å². The molecule has 61 heavy (non-hydrogen) atoms. The van der Waals surface area contributed by atoms with E-state index in [4.69, 9.17) is 19.4 Å². The minimum absolute atomic E-state index is 0.687. The average molecular weight is 778 g/mol. The van der Waals surface area contributed by atoms with Gasteiger partial charge in [-0.25, -0.2) is 15.0 Å². The summed E-state index contributed by atoms with van der Waals surface area (Å²) in [5, 5.41) is 7.84. The highest BCUT2D eigenvalue weighted by Gasteiger charge is 2.22. The van der Waals surface area contributed by atoms with Crippen molar-refractivity contribution in [2.75, 3.05) is 0 Å². The molecule has 4 nitrogen and oxygen atoms in total. The molecular formula is C57H35N3O. The van der Waals surface area contributed by atoms with E-state index in [1.54, 1.807) is 0 Å². The smallest absolute Gasteiger partial charge is 0.160 e. The van der Waals surface area contributed by atoms with E-state index in [2.05, 4.69) is 182 Å². The third-order valence-corrected chi connectivity index (χ3v) is 11.9. The van der Waals surface area contributed by atoms with Crippen LogP contribution in [0.2, 0.25) is 0 Å². The van der Waals surface area contributed by atoms with Crippen LogP contribution in [0.25, 0.3) is 122 Å². The van der Waals surface area contributed by atoms with Crippen molar-refractivity contribution in [3.05, 3.63) is 212 Å². The van der Waals surface area contributed by atoms with Gasteiger partial charge in [-0.05, 0) is 68.1 Å². The Balaban J connectivity index is 1.00. The molecule has 0 radical (unpaired) electrons. The monoisotopic (exact) mass is 777 g/mol. The SMILES string of the molecule is c1ccc(-c2ccc(-c3cc(-c4ccc(-c5cccc6nc(-c7cc8ccccc8c8ccccc78)c7c8ccccc8oc7c56)cc4)nc(-c4ccccc4)n3)cc2)cc1. The van der Waals surface area contributed by atoms with Gasteiger partial charge < -0.3 is 4.42 Å². The topological polar surface area (TPSA) is 51.8 Å². The van der Waals surface area contributed by atoms with Crippen molar-refractivity contribution in [1.29, 1.82) is 0 Å². The molecule has 284 valence electrons. The second-order valence-corrected chi connectivity index (χ2v) is 15.5. The van der Waals surface area contributed by atoms with Crippen LogP contribution in [0, 0.1) is 0 Å². The fraction of sp³-hybridized carbons (Fsp3) is 0. The van der Waals surface area contributed by atoms with Gasteiger partial charge >= 0.3 is 0 Å². The summed E-state index contributed by atoms with van der Waals surface area (Å²) < 4.78 is 6.87. The van der Waals surface area contributed by atoms with Crippen LogP contribution in [0.1, 0.15) is 0 Å². The molecule has 0 bridgehead atoms. The molecule has 0 aliphatic heterocycles. The van der Waals surface area contributed by atoms with E-state index >= 15 is 0 Å². The number of pyridine rings is 1. The van der Waals surface area contributed by atoms with Crippen LogP contribution in [0.15, 0.2) is 217 Å². The highest BCUT2D eigenvalue weighted by atomic mass is 16.3. The Kier molecular flexibility index (Phi) is 8.13. The quantitative estimate of drug-likeness (QED) is 0.158. The first-order valence-electron chi connectivity index (χ1n) is 20.6. The number of para-hydroxylation sites is 1. The zero-order chi connectivity index (χ0) is 40.3. The highest BCUT2D eigenvalue weighted by molar-refractivity contribution is 6.25. The molecule has 0 saturated carbocycles. The molecule has 0 unspecified atom stereocenters. The van der Waals surface area contributed by atoms with Gasteiger partial charge in [0.1, 0.15) is 11.2 Å². The third-order valence-electron chi connectivity index (χ3n) is 11.9. The lowest BCUT2D eigenvalue weighted by Crippen LogP contribution is -1.96. The minimum atomic E-state index is 0.687. The number of aromatic nitrogens is 3. The van der Waals surface area contributed by atoms with Crippen molar-refractivity contribution in [3.63, 3.8) is 0 Å². The number of rotatable bonds is 6. The Hall–Kier alpha value is -8.21. The maximum atomic E-state index is 6.87. The molecule has 3 aromatic heterocycles. The summed E-state index contributed by atoms with van der Waals surface area (Å²) in [6, 6.07) is 74.3. The van der Waals surface area contributed by atoms with E-state index in [9.17, 15) is 0 Å². The molecule has 0 N–H and O–H groups in total. The lowest BCUT2D eigenvalue weighted by atomic mass is 9.92. The van der Waals surface area contributed by atoms with E-state index in [0.29, 0.717) is 5.82 Å². The number of benzene rings is 9. The Bertz CT molecular complexity index is 3610. The predicted octanol–water partition coefficient (Wildman–Crippen LogP) is 15.2. The summed E-state index contributed by atoms with van der Waals surface area (Å²) >= 11 is 0. The summed E-state index contributed by atoms with van der Waals surface area (Å²) in [4.78, 5) is 15.7. The van der Waals surface area contributed by atoms with Gasteiger partial charge in [0.2, 0.25) is 0 Å². The van der Waals surface area contributed by atoms with Crippen LogP contribution >= 0.6 is 0 Å². The summed E-state index contributed by atoms with van der Waals surface area (Å²) in [5.41, 5.74) is 13.8. The van der Waals surface area contributed by atoms with Crippen molar-refractivity contribution in [3.8, 4) is 67.4 Å². The zero-order valence-corrected chi connectivity index (χ0v) is 33.0. The lowest BCUT2D eigenvalue weighted by molar-refractivity contribution is 0.672. The van der Waals surface area contributed by atoms with Gasteiger partial charge in [-0.15, -0.1) is 0 Å².